The Kier molecular flexibility index (Phi) is 10.1. The normalized spacial score (nSPS) is 19.6. The Morgan fingerprint density at radius 2 is 1.82 bits per heavy atom. The van der Waals surface area contributed by atoms with Crippen molar-refractivity contribution in [2.75, 3.05) is 11.9 Å². The van der Waals surface area contributed by atoms with Gasteiger partial charge in [0.2, 0.25) is 0 Å². The Labute approximate surface area is 271 Å². The van der Waals surface area contributed by atoms with Gasteiger partial charge in [-0.05, 0) is 98.4 Å². The molecule has 10 heteroatoms. The largest absolute Gasteiger partial charge is 0.460 e. The molecule has 0 bridgehead atoms. The summed E-state index contributed by atoms with van der Waals surface area (Å²) in [6.45, 7) is 20.4. The molecule has 1 aromatic carbocycles. The molecule has 45 heavy (non-hydrogen) atoms. The van der Waals surface area contributed by atoms with Crippen LogP contribution in [-0.4, -0.2) is 43.8 Å². The molecule has 3 aromatic rings. The van der Waals surface area contributed by atoms with E-state index in [9.17, 15) is 9.18 Å². The van der Waals surface area contributed by atoms with Gasteiger partial charge in [0.05, 0.1) is 21.7 Å². The van der Waals surface area contributed by atoms with Crippen LogP contribution in [0.15, 0.2) is 30.3 Å². The molecule has 0 amide bonds. The van der Waals surface area contributed by atoms with E-state index in [1.165, 1.54) is 6.07 Å². The second-order valence-corrected chi connectivity index (χ2v) is 15.2. The number of rotatable bonds is 8. The molecule has 0 radical (unpaired) electrons. The number of anilines is 2. The SMILES string of the molecule is Cc1cc(Nc2cc(C(C)C)c(F)c(C[C@@]3(C(=O)OC(C)(C)C)CCN(Cc4cccc(Cl)c4F)[C@H](C)C3)n2)nn1C(C)(C)C. The Morgan fingerprint density at radius 3 is 2.40 bits per heavy atom. The van der Waals surface area contributed by atoms with Gasteiger partial charge in [0.1, 0.15) is 23.1 Å². The van der Waals surface area contributed by atoms with Crippen LogP contribution in [0.2, 0.25) is 5.02 Å². The number of aryl methyl sites for hydroxylation is 1. The van der Waals surface area contributed by atoms with Crippen LogP contribution < -0.4 is 5.32 Å². The number of aromatic nitrogens is 3. The van der Waals surface area contributed by atoms with Gasteiger partial charge >= 0.3 is 5.97 Å². The Bertz CT molecular complexity index is 1540. The summed E-state index contributed by atoms with van der Waals surface area (Å²) in [4.78, 5) is 20.9. The third kappa shape index (κ3) is 8.04. The zero-order valence-electron chi connectivity index (χ0n) is 28.3. The molecular weight excluding hydrogens is 596 g/mol. The molecule has 4 rings (SSSR count). The van der Waals surface area contributed by atoms with Crippen molar-refractivity contribution in [3.05, 3.63) is 69.5 Å². The number of ether oxygens (including phenoxy) is 1. The van der Waals surface area contributed by atoms with Gasteiger partial charge in [0, 0.05) is 36.3 Å². The lowest BCUT2D eigenvalue weighted by Gasteiger charge is -2.45. The summed E-state index contributed by atoms with van der Waals surface area (Å²) in [6, 6.07) is 8.52. The van der Waals surface area contributed by atoms with E-state index in [0.29, 0.717) is 48.7 Å². The van der Waals surface area contributed by atoms with E-state index in [4.69, 9.17) is 26.4 Å². The first-order valence-electron chi connectivity index (χ1n) is 15.7. The minimum Gasteiger partial charge on any atom is -0.460 e. The average molecular weight is 644 g/mol. The fourth-order valence-corrected chi connectivity index (χ4v) is 6.37. The number of esters is 1. The highest BCUT2D eigenvalue weighted by atomic mass is 35.5. The highest BCUT2D eigenvalue weighted by Gasteiger charge is 2.47. The van der Waals surface area contributed by atoms with Crippen molar-refractivity contribution in [1.29, 1.82) is 0 Å². The minimum atomic E-state index is -1.03. The van der Waals surface area contributed by atoms with Crippen LogP contribution in [0.25, 0.3) is 0 Å². The van der Waals surface area contributed by atoms with Crippen LogP contribution in [-0.2, 0) is 28.0 Å². The predicted octanol–water partition coefficient (Wildman–Crippen LogP) is 8.70. The summed E-state index contributed by atoms with van der Waals surface area (Å²) in [5.74, 6) is -0.262. The van der Waals surface area contributed by atoms with Crippen molar-refractivity contribution < 1.29 is 18.3 Å². The van der Waals surface area contributed by atoms with E-state index in [-0.39, 0.29) is 40.6 Å². The number of piperidine rings is 1. The van der Waals surface area contributed by atoms with Crippen molar-refractivity contribution in [1.82, 2.24) is 19.7 Å². The number of hydrogen-bond donors (Lipinski definition) is 1. The number of carbonyl (C=O) groups is 1. The maximum Gasteiger partial charge on any atom is 0.313 e. The number of nitrogens with one attached hydrogen (secondary N) is 1. The van der Waals surface area contributed by atoms with Crippen molar-refractivity contribution in [3.63, 3.8) is 0 Å². The Hall–Kier alpha value is -3.04. The first-order valence-corrected chi connectivity index (χ1v) is 16.1. The van der Waals surface area contributed by atoms with Gasteiger partial charge < -0.3 is 10.1 Å². The molecule has 0 aliphatic carbocycles. The third-order valence-corrected chi connectivity index (χ3v) is 8.68. The van der Waals surface area contributed by atoms with Crippen LogP contribution in [0, 0.1) is 24.0 Å². The fourth-order valence-electron chi connectivity index (χ4n) is 6.18. The topological polar surface area (TPSA) is 72.3 Å². The maximum absolute atomic E-state index is 16.2. The Balaban J connectivity index is 1.70. The highest BCUT2D eigenvalue weighted by Crippen LogP contribution is 2.42. The number of halogens is 3. The zero-order valence-corrected chi connectivity index (χ0v) is 29.1. The Morgan fingerprint density at radius 1 is 1.13 bits per heavy atom. The summed E-state index contributed by atoms with van der Waals surface area (Å²) in [5.41, 5.74) is 0.240. The van der Waals surface area contributed by atoms with Gasteiger partial charge in [-0.3, -0.25) is 14.4 Å². The lowest BCUT2D eigenvalue weighted by atomic mass is 9.71. The van der Waals surface area contributed by atoms with Crippen molar-refractivity contribution in [2.24, 2.45) is 5.41 Å². The average Bonchev–Trinajstić information content (AvgIpc) is 3.29. The van der Waals surface area contributed by atoms with Gasteiger partial charge in [-0.2, -0.15) is 5.10 Å². The second-order valence-electron chi connectivity index (χ2n) is 14.8. The molecule has 0 saturated carbocycles. The summed E-state index contributed by atoms with van der Waals surface area (Å²) >= 11 is 6.04. The first-order chi connectivity index (χ1) is 20.8. The molecule has 246 valence electrons. The standard InChI is InChI=1S/C35H48ClF2N5O2/c1-21(2)25-17-28(40-29-16-22(3)43(41-29)33(5,6)7)39-27(31(25)38)19-35(32(44)45-34(8,9)10)14-15-42(23(4)18-35)20-24-12-11-13-26(36)30(24)37/h11-13,16-17,21,23H,14-15,18-20H2,1-10H3,(H,39,40,41)/t23-,35-/m1/s1. The minimum absolute atomic E-state index is 0.0716. The molecule has 0 unspecified atom stereocenters. The van der Waals surface area contributed by atoms with E-state index in [1.807, 2.05) is 59.2 Å². The monoisotopic (exact) mass is 643 g/mol. The van der Waals surface area contributed by atoms with Crippen LogP contribution in [0.5, 0.6) is 0 Å². The number of pyridine rings is 1. The number of carbonyl (C=O) groups excluding carboxylic acids is 1. The predicted molar refractivity (Wildman–Crippen MR) is 176 cm³/mol. The van der Waals surface area contributed by atoms with Gasteiger partial charge in [0.25, 0.3) is 0 Å². The second kappa shape index (κ2) is 13.0. The molecule has 2 atom stereocenters. The molecule has 1 aliphatic rings. The van der Waals surface area contributed by atoms with Gasteiger partial charge in [-0.1, -0.05) is 37.6 Å². The summed E-state index contributed by atoms with van der Waals surface area (Å²) in [7, 11) is 0. The summed E-state index contributed by atoms with van der Waals surface area (Å²) in [6.07, 6.45) is 0.872. The van der Waals surface area contributed by atoms with E-state index in [0.717, 1.165) is 5.69 Å². The quantitative estimate of drug-likeness (QED) is 0.248. The van der Waals surface area contributed by atoms with Crippen LogP contribution >= 0.6 is 11.6 Å². The molecule has 7 nitrogen and oxygen atoms in total. The van der Waals surface area contributed by atoms with Crippen LogP contribution in [0.4, 0.5) is 20.4 Å². The smallest absolute Gasteiger partial charge is 0.313 e. The van der Waals surface area contributed by atoms with Crippen molar-refractivity contribution in [2.45, 2.75) is 118 Å². The van der Waals surface area contributed by atoms with E-state index in [1.54, 1.807) is 18.2 Å². The van der Waals surface area contributed by atoms with Crippen LogP contribution in [0.3, 0.4) is 0 Å². The van der Waals surface area contributed by atoms with Crippen molar-refractivity contribution >= 4 is 29.2 Å². The zero-order chi connectivity index (χ0) is 33.5. The number of hydrogen-bond acceptors (Lipinski definition) is 6. The highest BCUT2D eigenvalue weighted by molar-refractivity contribution is 6.30. The number of nitrogens with zero attached hydrogens (tertiary/aromatic N) is 4. The molecule has 2 aromatic heterocycles. The van der Waals surface area contributed by atoms with E-state index in [2.05, 4.69) is 31.0 Å². The third-order valence-electron chi connectivity index (χ3n) is 8.39. The number of benzene rings is 1. The molecule has 3 heterocycles. The van der Waals surface area contributed by atoms with Gasteiger partial charge in [-0.15, -0.1) is 0 Å². The van der Waals surface area contributed by atoms with E-state index >= 15 is 4.39 Å². The first kappa shape index (κ1) is 34.8. The molecule has 0 spiro atoms. The lowest BCUT2D eigenvalue weighted by molar-refractivity contribution is -0.172. The molecule has 1 N–H and O–H groups in total. The maximum atomic E-state index is 16.2. The molecule has 1 saturated heterocycles. The van der Waals surface area contributed by atoms with Crippen molar-refractivity contribution in [3.8, 4) is 0 Å². The summed E-state index contributed by atoms with van der Waals surface area (Å²) in [5, 5.41) is 8.09. The summed E-state index contributed by atoms with van der Waals surface area (Å²) < 4.78 is 38.9. The molecular formula is C35H48ClF2N5O2. The molecule has 1 aliphatic heterocycles. The molecule has 1 fully saturated rings. The fraction of sp³-hybridized carbons (Fsp3) is 0.571. The lowest BCUT2D eigenvalue weighted by Crippen LogP contribution is -2.51. The van der Waals surface area contributed by atoms with Gasteiger partial charge in [0.15, 0.2) is 5.82 Å². The van der Waals surface area contributed by atoms with Gasteiger partial charge in [-0.25, -0.2) is 13.8 Å². The number of likely N-dealkylation sites (tertiary alicyclic amines) is 1. The van der Waals surface area contributed by atoms with Crippen LogP contribution in [0.1, 0.15) is 104 Å². The van der Waals surface area contributed by atoms with E-state index < -0.39 is 22.7 Å².